The van der Waals surface area contributed by atoms with Gasteiger partial charge < -0.3 is 14.0 Å². The minimum atomic E-state index is -0.386. The second-order valence-corrected chi connectivity index (χ2v) is 5.89. The maximum atomic E-state index is 5.99. The molecule has 1 aliphatic rings. The molecule has 2 heterocycles. The third-order valence-corrected chi connectivity index (χ3v) is 3.73. The number of rotatable bonds is 4. The molecular formula is C14H22BNO3. The lowest BCUT2D eigenvalue weighted by Crippen LogP contribution is -2.41. The van der Waals surface area contributed by atoms with Crippen molar-refractivity contribution in [1.82, 2.24) is 4.98 Å². The molecule has 0 N–H and O–H groups in total. The predicted molar refractivity (Wildman–Crippen MR) is 75.7 cm³/mol. The first-order valence-electron chi connectivity index (χ1n) is 6.79. The molecule has 1 aromatic heterocycles. The Labute approximate surface area is 115 Å². The highest BCUT2D eigenvalue weighted by atomic mass is 16.7. The third-order valence-electron chi connectivity index (χ3n) is 3.73. The normalized spacial score (nSPS) is 20.6. The summed E-state index contributed by atoms with van der Waals surface area (Å²) >= 11 is 0. The molecule has 1 aromatic rings. The van der Waals surface area contributed by atoms with Gasteiger partial charge >= 0.3 is 7.12 Å². The Morgan fingerprint density at radius 2 is 1.79 bits per heavy atom. The van der Waals surface area contributed by atoms with Crippen LogP contribution in [0.5, 0.6) is 5.75 Å². The van der Waals surface area contributed by atoms with Gasteiger partial charge in [-0.25, -0.2) is 0 Å². The van der Waals surface area contributed by atoms with Crippen molar-refractivity contribution in [1.29, 1.82) is 0 Å². The molecule has 0 amide bonds. The largest absolute Gasteiger partial charge is 0.496 e. The van der Waals surface area contributed by atoms with E-state index in [-0.39, 0.29) is 18.3 Å². The summed E-state index contributed by atoms with van der Waals surface area (Å²) in [5.41, 5.74) is 0.225. The number of ether oxygens (including phenoxy) is 1. The summed E-state index contributed by atoms with van der Waals surface area (Å²) < 4.78 is 17.6. The Kier molecular flexibility index (Phi) is 3.88. The maximum absolute atomic E-state index is 5.99. The number of hydrogen-bond donors (Lipinski definition) is 0. The van der Waals surface area contributed by atoms with Gasteiger partial charge in [-0.15, -0.1) is 0 Å². The minimum absolute atomic E-state index is 0.335. The Hall–Kier alpha value is -1.07. The van der Waals surface area contributed by atoms with Crippen molar-refractivity contribution < 1.29 is 14.0 Å². The van der Waals surface area contributed by atoms with Gasteiger partial charge in [0.15, 0.2) is 0 Å². The summed E-state index contributed by atoms with van der Waals surface area (Å²) in [7, 11) is -0.386. The van der Waals surface area contributed by atoms with Crippen LogP contribution in [0.3, 0.4) is 0 Å². The fourth-order valence-electron chi connectivity index (χ4n) is 1.84. The van der Waals surface area contributed by atoms with Crippen LogP contribution in [0.15, 0.2) is 18.5 Å². The summed E-state index contributed by atoms with van der Waals surface area (Å²) in [6.07, 6.45) is 4.45. The van der Waals surface area contributed by atoms with E-state index in [1.165, 1.54) is 0 Å². The van der Waals surface area contributed by atoms with Gasteiger partial charge in [0.1, 0.15) is 5.75 Å². The smallest absolute Gasteiger partial charge is 0.492 e. The fourth-order valence-corrected chi connectivity index (χ4v) is 1.84. The molecule has 0 unspecified atom stereocenters. The molecule has 0 atom stereocenters. The van der Waals surface area contributed by atoms with Gasteiger partial charge in [0.2, 0.25) is 0 Å². The van der Waals surface area contributed by atoms with Crippen molar-refractivity contribution in [3.8, 4) is 5.75 Å². The predicted octanol–water partition coefficient (Wildman–Crippen LogP) is 2.17. The van der Waals surface area contributed by atoms with Crippen LogP contribution in [0.4, 0.5) is 0 Å². The van der Waals surface area contributed by atoms with Crippen LogP contribution in [0.1, 0.15) is 41.0 Å². The molecule has 1 saturated heterocycles. The lowest BCUT2D eigenvalue weighted by Gasteiger charge is -2.32. The van der Waals surface area contributed by atoms with Gasteiger partial charge in [-0.05, 0) is 40.2 Å². The molecule has 1 aliphatic heterocycles. The summed E-state index contributed by atoms with van der Waals surface area (Å²) in [5, 5.41) is 0. The van der Waals surface area contributed by atoms with Crippen LogP contribution >= 0.6 is 0 Å². The Balaban J connectivity index is 2.15. The fraction of sp³-hybridized carbons (Fsp3) is 0.643. The van der Waals surface area contributed by atoms with Gasteiger partial charge in [-0.1, -0.05) is 6.92 Å². The van der Waals surface area contributed by atoms with Crippen LogP contribution < -0.4 is 10.2 Å². The number of aromatic nitrogens is 1. The average Bonchev–Trinajstić information content (AvgIpc) is 2.56. The van der Waals surface area contributed by atoms with E-state index in [2.05, 4.69) is 11.9 Å². The molecular weight excluding hydrogens is 241 g/mol. The van der Waals surface area contributed by atoms with Crippen LogP contribution in [-0.2, 0) is 9.31 Å². The summed E-state index contributed by atoms with van der Waals surface area (Å²) in [6.45, 7) is 10.9. The van der Waals surface area contributed by atoms with Gasteiger partial charge in [0.05, 0.1) is 24.0 Å². The monoisotopic (exact) mass is 263 g/mol. The van der Waals surface area contributed by atoms with E-state index >= 15 is 0 Å². The molecule has 0 spiro atoms. The zero-order valence-corrected chi connectivity index (χ0v) is 12.4. The second kappa shape index (κ2) is 5.14. The highest BCUT2D eigenvalue weighted by molar-refractivity contribution is 6.62. The molecule has 0 radical (unpaired) electrons. The van der Waals surface area contributed by atoms with Gasteiger partial charge in [0, 0.05) is 11.7 Å². The van der Waals surface area contributed by atoms with E-state index < -0.39 is 0 Å². The van der Waals surface area contributed by atoms with Crippen molar-refractivity contribution >= 4 is 12.6 Å². The second-order valence-electron chi connectivity index (χ2n) is 5.89. The van der Waals surface area contributed by atoms with Crippen LogP contribution in [0.25, 0.3) is 0 Å². The van der Waals surface area contributed by atoms with Crippen LogP contribution in [-0.4, -0.2) is 29.9 Å². The topological polar surface area (TPSA) is 40.6 Å². The molecule has 0 aromatic carbocycles. The van der Waals surface area contributed by atoms with E-state index in [1.807, 2.05) is 33.8 Å². The molecule has 19 heavy (non-hydrogen) atoms. The Morgan fingerprint density at radius 3 is 2.37 bits per heavy atom. The van der Waals surface area contributed by atoms with E-state index in [4.69, 9.17) is 14.0 Å². The first kappa shape index (κ1) is 14.3. The van der Waals surface area contributed by atoms with Crippen LogP contribution in [0.2, 0.25) is 0 Å². The molecule has 104 valence electrons. The zero-order valence-electron chi connectivity index (χ0n) is 12.4. The van der Waals surface area contributed by atoms with Crippen molar-refractivity contribution in [3.63, 3.8) is 0 Å². The Bertz CT molecular complexity index is 432. The average molecular weight is 263 g/mol. The van der Waals surface area contributed by atoms with E-state index in [0.717, 1.165) is 17.6 Å². The lowest BCUT2D eigenvalue weighted by atomic mass is 9.80. The first-order valence-corrected chi connectivity index (χ1v) is 6.79. The van der Waals surface area contributed by atoms with Crippen molar-refractivity contribution in [2.45, 2.75) is 52.2 Å². The molecule has 4 nitrogen and oxygen atoms in total. The summed E-state index contributed by atoms with van der Waals surface area (Å²) in [6, 6.07) is 1.94. The summed E-state index contributed by atoms with van der Waals surface area (Å²) in [4.78, 5) is 4.19. The standard InChI is InChI=1S/C14H22BNO3/c1-6-7-17-12-8-11(9-16-10-12)15-18-13(2,3)14(4,5)19-15/h8-10H,6-7H2,1-5H3. The molecule has 5 heteroatoms. The molecule has 0 aliphatic carbocycles. The molecule has 0 bridgehead atoms. The van der Waals surface area contributed by atoms with Crippen molar-refractivity contribution in [2.24, 2.45) is 0 Å². The highest BCUT2D eigenvalue weighted by Crippen LogP contribution is 2.36. The highest BCUT2D eigenvalue weighted by Gasteiger charge is 2.51. The zero-order chi connectivity index (χ0) is 14.1. The quantitative estimate of drug-likeness (QED) is 0.780. The third kappa shape index (κ3) is 2.93. The Morgan fingerprint density at radius 1 is 1.16 bits per heavy atom. The minimum Gasteiger partial charge on any atom is -0.492 e. The van der Waals surface area contributed by atoms with E-state index in [0.29, 0.717) is 6.61 Å². The molecule has 2 rings (SSSR count). The van der Waals surface area contributed by atoms with Crippen LogP contribution in [0, 0.1) is 0 Å². The van der Waals surface area contributed by atoms with Gasteiger partial charge in [-0.2, -0.15) is 0 Å². The van der Waals surface area contributed by atoms with Gasteiger partial charge in [-0.3, -0.25) is 4.98 Å². The van der Waals surface area contributed by atoms with E-state index in [1.54, 1.807) is 12.4 Å². The summed E-state index contributed by atoms with van der Waals surface area (Å²) in [5.74, 6) is 0.758. The van der Waals surface area contributed by atoms with E-state index in [9.17, 15) is 0 Å². The molecule has 0 saturated carbocycles. The maximum Gasteiger partial charge on any atom is 0.496 e. The SMILES string of the molecule is CCCOc1cncc(B2OC(C)(C)C(C)(C)O2)c1. The molecule has 1 fully saturated rings. The number of hydrogen-bond acceptors (Lipinski definition) is 4. The lowest BCUT2D eigenvalue weighted by molar-refractivity contribution is 0.00578. The number of nitrogens with zero attached hydrogens (tertiary/aromatic N) is 1. The first-order chi connectivity index (χ1) is 8.86. The van der Waals surface area contributed by atoms with Crippen molar-refractivity contribution in [2.75, 3.05) is 6.61 Å². The van der Waals surface area contributed by atoms with Crippen molar-refractivity contribution in [3.05, 3.63) is 18.5 Å². The number of pyridine rings is 1. The van der Waals surface area contributed by atoms with Gasteiger partial charge in [0.25, 0.3) is 0 Å².